The number of hydrogen-bond donors (Lipinski definition) is 0. The molecule has 6 heteroatoms. The molecular formula is C17H20ClN3O2. The van der Waals surface area contributed by atoms with E-state index in [1.807, 2.05) is 23.1 Å². The number of aryl methyl sites for hydroxylation is 1. The van der Waals surface area contributed by atoms with Crippen LogP contribution < -0.4 is 0 Å². The highest BCUT2D eigenvalue weighted by molar-refractivity contribution is 6.33. The van der Waals surface area contributed by atoms with E-state index in [2.05, 4.69) is 17.0 Å². The molecule has 1 aliphatic rings. The number of rotatable bonds is 3. The first-order chi connectivity index (χ1) is 11.1. The second-order valence-electron chi connectivity index (χ2n) is 5.67. The minimum absolute atomic E-state index is 0.0329. The first kappa shape index (κ1) is 16.0. The van der Waals surface area contributed by atoms with Crippen LogP contribution in [-0.2, 0) is 0 Å². The van der Waals surface area contributed by atoms with E-state index in [0.29, 0.717) is 22.0 Å². The average Bonchev–Trinajstić information content (AvgIpc) is 2.96. The zero-order valence-electron chi connectivity index (χ0n) is 13.4. The van der Waals surface area contributed by atoms with Crippen LogP contribution >= 0.6 is 11.6 Å². The van der Waals surface area contributed by atoms with Gasteiger partial charge >= 0.3 is 0 Å². The van der Waals surface area contributed by atoms with Gasteiger partial charge in [0.05, 0.1) is 5.02 Å². The van der Waals surface area contributed by atoms with Crippen LogP contribution in [0.1, 0.15) is 23.0 Å². The fourth-order valence-corrected chi connectivity index (χ4v) is 3.11. The predicted molar refractivity (Wildman–Crippen MR) is 89.7 cm³/mol. The van der Waals surface area contributed by atoms with Gasteiger partial charge in [-0.25, -0.2) is 0 Å². The van der Waals surface area contributed by atoms with Crippen molar-refractivity contribution in [1.29, 1.82) is 0 Å². The quantitative estimate of drug-likeness (QED) is 0.866. The van der Waals surface area contributed by atoms with Gasteiger partial charge in [-0.3, -0.25) is 4.79 Å². The van der Waals surface area contributed by atoms with Crippen molar-refractivity contribution >= 4 is 17.5 Å². The van der Waals surface area contributed by atoms with Crippen molar-refractivity contribution in [2.75, 3.05) is 32.7 Å². The molecule has 1 amide bonds. The van der Waals surface area contributed by atoms with Crippen molar-refractivity contribution in [3.8, 4) is 11.3 Å². The first-order valence-corrected chi connectivity index (χ1v) is 8.22. The van der Waals surface area contributed by atoms with Crippen LogP contribution in [0.15, 0.2) is 28.8 Å². The first-order valence-electron chi connectivity index (χ1n) is 7.84. The van der Waals surface area contributed by atoms with E-state index in [4.69, 9.17) is 16.1 Å². The monoisotopic (exact) mass is 333 g/mol. The Balaban J connectivity index is 1.90. The summed E-state index contributed by atoms with van der Waals surface area (Å²) in [6.07, 6.45) is 0. The van der Waals surface area contributed by atoms with Crippen molar-refractivity contribution in [3.05, 3.63) is 40.6 Å². The molecule has 0 saturated carbocycles. The number of benzene rings is 1. The number of hydrogen-bond acceptors (Lipinski definition) is 4. The van der Waals surface area contributed by atoms with E-state index < -0.39 is 0 Å². The molecule has 2 heterocycles. The van der Waals surface area contributed by atoms with Gasteiger partial charge in [0.15, 0.2) is 0 Å². The number of aromatic nitrogens is 1. The third kappa shape index (κ3) is 3.12. The minimum atomic E-state index is -0.0329. The van der Waals surface area contributed by atoms with E-state index in [1.54, 1.807) is 13.0 Å². The predicted octanol–water partition coefficient (Wildman–Crippen LogP) is 3.08. The van der Waals surface area contributed by atoms with E-state index >= 15 is 0 Å². The zero-order valence-corrected chi connectivity index (χ0v) is 14.1. The van der Waals surface area contributed by atoms with E-state index in [1.165, 1.54) is 0 Å². The Bertz CT molecular complexity index is 706. The lowest BCUT2D eigenvalue weighted by Crippen LogP contribution is -2.48. The van der Waals surface area contributed by atoms with Crippen LogP contribution in [0.3, 0.4) is 0 Å². The number of carbonyl (C=O) groups is 1. The molecule has 5 nitrogen and oxygen atoms in total. The Morgan fingerprint density at radius 1 is 1.26 bits per heavy atom. The Morgan fingerprint density at radius 3 is 2.61 bits per heavy atom. The van der Waals surface area contributed by atoms with E-state index in [-0.39, 0.29) is 5.91 Å². The Labute approximate surface area is 140 Å². The SMILES string of the molecule is CCN1CCN(C(=O)c2c(-c3ccccc3Cl)noc2C)CC1. The third-order valence-electron chi connectivity index (χ3n) is 4.31. The van der Waals surface area contributed by atoms with Crippen LogP contribution in [0, 0.1) is 6.92 Å². The molecule has 1 aliphatic heterocycles. The molecule has 0 N–H and O–H groups in total. The fourth-order valence-electron chi connectivity index (χ4n) is 2.89. The molecule has 1 aromatic carbocycles. The number of likely N-dealkylation sites (N-methyl/N-ethyl adjacent to an activating group) is 1. The van der Waals surface area contributed by atoms with Gasteiger partial charge in [0, 0.05) is 31.7 Å². The summed E-state index contributed by atoms with van der Waals surface area (Å²) < 4.78 is 5.29. The second-order valence-corrected chi connectivity index (χ2v) is 6.08. The van der Waals surface area contributed by atoms with Gasteiger partial charge in [0.2, 0.25) is 0 Å². The summed E-state index contributed by atoms with van der Waals surface area (Å²) in [5.41, 5.74) is 1.76. The lowest BCUT2D eigenvalue weighted by Gasteiger charge is -2.34. The number of piperazine rings is 1. The maximum absolute atomic E-state index is 12.9. The molecule has 2 aromatic rings. The number of amides is 1. The van der Waals surface area contributed by atoms with Crippen molar-refractivity contribution in [3.63, 3.8) is 0 Å². The summed E-state index contributed by atoms with van der Waals surface area (Å²) in [7, 11) is 0. The molecule has 0 atom stereocenters. The highest BCUT2D eigenvalue weighted by Crippen LogP contribution is 2.31. The van der Waals surface area contributed by atoms with Crippen LogP contribution in [-0.4, -0.2) is 53.6 Å². The van der Waals surface area contributed by atoms with Gasteiger partial charge < -0.3 is 14.3 Å². The molecule has 23 heavy (non-hydrogen) atoms. The smallest absolute Gasteiger partial charge is 0.259 e. The fraction of sp³-hybridized carbons (Fsp3) is 0.412. The number of carbonyl (C=O) groups excluding carboxylic acids is 1. The second kappa shape index (κ2) is 6.72. The molecule has 0 aliphatic carbocycles. The Hall–Kier alpha value is -1.85. The van der Waals surface area contributed by atoms with Crippen molar-refractivity contribution in [2.45, 2.75) is 13.8 Å². The van der Waals surface area contributed by atoms with Gasteiger partial charge in [-0.05, 0) is 19.5 Å². The third-order valence-corrected chi connectivity index (χ3v) is 4.64. The lowest BCUT2D eigenvalue weighted by molar-refractivity contribution is 0.0642. The van der Waals surface area contributed by atoms with Crippen LogP contribution in [0.25, 0.3) is 11.3 Å². The molecule has 1 saturated heterocycles. The van der Waals surface area contributed by atoms with Crippen molar-refractivity contribution in [1.82, 2.24) is 15.0 Å². The zero-order chi connectivity index (χ0) is 16.4. The minimum Gasteiger partial charge on any atom is -0.360 e. The number of halogens is 1. The van der Waals surface area contributed by atoms with Gasteiger partial charge in [-0.15, -0.1) is 0 Å². The molecule has 0 unspecified atom stereocenters. The Morgan fingerprint density at radius 2 is 1.96 bits per heavy atom. The summed E-state index contributed by atoms with van der Waals surface area (Å²) in [6, 6.07) is 7.37. The van der Waals surface area contributed by atoms with Crippen LogP contribution in [0.5, 0.6) is 0 Å². The van der Waals surface area contributed by atoms with Crippen molar-refractivity contribution < 1.29 is 9.32 Å². The summed E-state index contributed by atoms with van der Waals surface area (Å²) >= 11 is 6.26. The number of nitrogens with zero attached hydrogens (tertiary/aromatic N) is 3. The molecule has 0 spiro atoms. The normalized spacial score (nSPS) is 15.9. The summed E-state index contributed by atoms with van der Waals surface area (Å²) in [6.45, 7) is 8.15. The van der Waals surface area contributed by atoms with Gasteiger partial charge in [-0.1, -0.05) is 41.9 Å². The molecule has 1 fully saturated rings. The Kier molecular flexibility index (Phi) is 4.68. The van der Waals surface area contributed by atoms with Crippen molar-refractivity contribution in [2.24, 2.45) is 0 Å². The molecule has 3 rings (SSSR count). The summed E-state index contributed by atoms with van der Waals surface area (Å²) in [4.78, 5) is 17.1. The highest BCUT2D eigenvalue weighted by atomic mass is 35.5. The largest absolute Gasteiger partial charge is 0.360 e. The van der Waals surface area contributed by atoms with Gasteiger partial charge in [-0.2, -0.15) is 0 Å². The van der Waals surface area contributed by atoms with Gasteiger partial charge in [0.1, 0.15) is 17.0 Å². The molecule has 122 valence electrons. The molecule has 0 bridgehead atoms. The van der Waals surface area contributed by atoms with Gasteiger partial charge in [0.25, 0.3) is 5.91 Å². The van der Waals surface area contributed by atoms with Crippen LogP contribution in [0.4, 0.5) is 0 Å². The summed E-state index contributed by atoms with van der Waals surface area (Å²) in [5, 5.41) is 4.64. The standard InChI is InChI=1S/C17H20ClN3O2/c1-3-20-8-10-21(11-9-20)17(22)15-12(2)23-19-16(15)13-6-4-5-7-14(13)18/h4-7H,3,8-11H2,1-2H3. The summed E-state index contributed by atoms with van der Waals surface area (Å²) in [5.74, 6) is 0.497. The maximum Gasteiger partial charge on any atom is 0.259 e. The van der Waals surface area contributed by atoms with Crippen LogP contribution in [0.2, 0.25) is 5.02 Å². The maximum atomic E-state index is 12.9. The highest BCUT2D eigenvalue weighted by Gasteiger charge is 2.28. The molecule has 0 radical (unpaired) electrons. The van der Waals surface area contributed by atoms with E-state index in [0.717, 1.165) is 38.3 Å². The average molecular weight is 334 g/mol. The van der Waals surface area contributed by atoms with E-state index in [9.17, 15) is 4.79 Å². The topological polar surface area (TPSA) is 49.6 Å². The molecular weight excluding hydrogens is 314 g/mol. The molecule has 1 aromatic heterocycles. The lowest BCUT2D eigenvalue weighted by atomic mass is 10.0.